The first kappa shape index (κ1) is 16.8. The minimum absolute atomic E-state index is 0.104. The van der Waals surface area contributed by atoms with E-state index in [-0.39, 0.29) is 11.9 Å². The Morgan fingerprint density at radius 2 is 1.95 bits per heavy atom. The molecule has 4 nitrogen and oxygen atoms in total. The molecule has 3 unspecified atom stereocenters. The van der Waals surface area contributed by atoms with Gasteiger partial charge in [0.2, 0.25) is 5.91 Å². The molecule has 0 aliphatic heterocycles. The fraction of sp³-hybridized carbons (Fsp3) is 0.611. The van der Waals surface area contributed by atoms with E-state index in [1.54, 1.807) is 7.11 Å². The summed E-state index contributed by atoms with van der Waals surface area (Å²) in [4.78, 5) is 12.3. The molecule has 22 heavy (non-hydrogen) atoms. The minimum Gasteiger partial charge on any atom is -0.497 e. The van der Waals surface area contributed by atoms with Gasteiger partial charge in [0.25, 0.3) is 0 Å². The number of rotatable bonds is 6. The summed E-state index contributed by atoms with van der Waals surface area (Å²) in [5.74, 6) is 1.54. The van der Waals surface area contributed by atoms with E-state index in [1.807, 2.05) is 31.2 Å². The first-order valence-electron chi connectivity index (χ1n) is 8.27. The lowest BCUT2D eigenvalue weighted by Crippen LogP contribution is -2.48. The van der Waals surface area contributed by atoms with Crippen LogP contribution < -0.4 is 15.4 Å². The van der Waals surface area contributed by atoms with Crippen molar-refractivity contribution in [2.24, 2.45) is 5.92 Å². The van der Waals surface area contributed by atoms with Gasteiger partial charge in [0.15, 0.2) is 0 Å². The molecule has 0 spiro atoms. The number of hydrogen-bond acceptors (Lipinski definition) is 3. The van der Waals surface area contributed by atoms with Crippen molar-refractivity contribution in [1.29, 1.82) is 0 Å². The monoisotopic (exact) mass is 304 g/mol. The van der Waals surface area contributed by atoms with Gasteiger partial charge in [-0.25, -0.2) is 0 Å². The van der Waals surface area contributed by atoms with E-state index >= 15 is 0 Å². The molecule has 0 bridgehead atoms. The Kier molecular flexibility index (Phi) is 6.25. The molecule has 3 atom stereocenters. The number of methoxy groups -OCH3 is 1. The summed E-state index contributed by atoms with van der Waals surface area (Å²) in [6, 6.07) is 8.05. The van der Waals surface area contributed by atoms with Crippen molar-refractivity contribution in [3.05, 3.63) is 29.8 Å². The smallest absolute Gasteiger partial charge is 0.237 e. The van der Waals surface area contributed by atoms with Crippen molar-refractivity contribution in [1.82, 2.24) is 10.6 Å². The van der Waals surface area contributed by atoms with Gasteiger partial charge in [0.1, 0.15) is 5.75 Å². The van der Waals surface area contributed by atoms with Gasteiger partial charge in [0.05, 0.1) is 13.2 Å². The molecular weight excluding hydrogens is 276 g/mol. The van der Waals surface area contributed by atoms with Gasteiger partial charge in [-0.3, -0.25) is 4.79 Å². The van der Waals surface area contributed by atoms with E-state index in [4.69, 9.17) is 4.74 Å². The largest absolute Gasteiger partial charge is 0.497 e. The van der Waals surface area contributed by atoms with Crippen LogP contribution in [0.3, 0.4) is 0 Å². The molecule has 2 N–H and O–H groups in total. The third kappa shape index (κ3) is 4.73. The third-order valence-corrected chi connectivity index (χ3v) is 4.60. The van der Waals surface area contributed by atoms with Crippen LogP contribution in [0.2, 0.25) is 0 Å². The van der Waals surface area contributed by atoms with Crippen LogP contribution in [0.5, 0.6) is 5.75 Å². The van der Waals surface area contributed by atoms with E-state index in [2.05, 4.69) is 17.6 Å². The van der Waals surface area contributed by atoms with Crippen molar-refractivity contribution < 1.29 is 9.53 Å². The molecule has 1 aliphatic carbocycles. The molecule has 1 saturated carbocycles. The summed E-state index contributed by atoms with van der Waals surface area (Å²) < 4.78 is 5.14. The molecule has 1 aromatic carbocycles. The Morgan fingerprint density at radius 1 is 1.27 bits per heavy atom. The maximum atomic E-state index is 12.3. The molecule has 2 rings (SSSR count). The number of carbonyl (C=O) groups excluding carboxylic acids is 1. The average Bonchev–Trinajstić information content (AvgIpc) is 2.55. The Bertz CT molecular complexity index is 472. The van der Waals surface area contributed by atoms with E-state index in [1.165, 1.54) is 19.3 Å². The van der Waals surface area contributed by atoms with Crippen LogP contribution in [0, 0.1) is 5.92 Å². The van der Waals surface area contributed by atoms with Gasteiger partial charge in [0, 0.05) is 12.6 Å². The normalized spacial score (nSPS) is 22.9. The second-order valence-electron chi connectivity index (χ2n) is 6.33. The Balaban J connectivity index is 1.77. The predicted molar refractivity (Wildman–Crippen MR) is 88.9 cm³/mol. The Morgan fingerprint density at radius 3 is 2.59 bits per heavy atom. The molecule has 0 radical (unpaired) electrons. The van der Waals surface area contributed by atoms with Gasteiger partial charge in [-0.2, -0.15) is 0 Å². The summed E-state index contributed by atoms with van der Waals surface area (Å²) >= 11 is 0. The summed E-state index contributed by atoms with van der Waals surface area (Å²) in [7, 11) is 1.66. The highest BCUT2D eigenvalue weighted by Gasteiger charge is 2.24. The molecule has 0 heterocycles. The first-order chi connectivity index (χ1) is 10.6. The SMILES string of the molecule is COc1ccc(CNC(C)C(=O)NC2CCCCC2C)cc1. The number of hydrogen-bond donors (Lipinski definition) is 2. The highest BCUT2D eigenvalue weighted by molar-refractivity contribution is 5.81. The number of benzene rings is 1. The van der Waals surface area contributed by atoms with Crippen LogP contribution in [-0.2, 0) is 11.3 Å². The second-order valence-corrected chi connectivity index (χ2v) is 6.33. The summed E-state index contributed by atoms with van der Waals surface area (Å²) in [6.45, 7) is 4.84. The number of carbonyl (C=O) groups is 1. The van der Waals surface area contributed by atoms with Gasteiger partial charge in [-0.15, -0.1) is 0 Å². The quantitative estimate of drug-likeness (QED) is 0.849. The lowest BCUT2D eigenvalue weighted by atomic mass is 9.86. The first-order valence-corrected chi connectivity index (χ1v) is 8.27. The van der Waals surface area contributed by atoms with Crippen LogP contribution in [-0.4, -0.2) is 25.1 Å². The third-order valence-electron chi connectivity index (χ3n) is 4.60. The lowest BCUT2D eigenvalue weighted by Gasteiger charge is -2.30. The van der Waals surface area contributed by atoms with E-state index < -0.39 is 0 Å². The van der Waals surface area contributed by atoms with Crippen molar-refractivity contribution in [2.45, 2.75) is 58.2 Å². The van der Waals surface area contributed by atoms with Crippen molar-refractivity contribution in [3.63, 3.8) is 0 Å². The molecule has 1 aromatic rings. The summed E-state index contributed by atoms with van der Waals surface area (Å²) in [6.07, 6.45) is 4.85. The fourth-order valence-electron chi connectivity index (χ4n) is 2.95. The van der Waals surface area contributed by atoms with Crippen LogP contribution >= 0.6 is 0 Å². The average molecular weight is 304 g/mol. The van der Waals surface area contributed by atoms with E-state index in [0.717, 1.165) is 17.7 Å². The van der Waals surface area contributed by atoms with Crippen LogP contribution in [0.25, 0.3) is 0 Å². The standard InChI is InChI=1S/C18H28N2O2/c1-13-6-4-5-7-17(13)20-18(21)14(2)19-12-15-8-10-16(22-3)11-9-15/h8-11,13-14,17,19H,4-7,12H2,1-3H3,(H,20,21). The van der Waals surface area contributed by atoms with Crippen LogP contribution in [0.15, 0.2) is 24.3 Å². The zero-order chi connectivity index (χ0) is 15.9. The second kappa shape index (κ2) is 8.18. The van der Waals surface area contributed by atoms with Gasteiger partial charge < -0.3 is 15.4 Å². The lowest BCUT2D eigenvalue weighted by molar-refractivity contribution is -0.124. The van der Waals surface area contributed by atoms with Crippen LogP contribution in [0.4, 0.5) is 0 Å². The molecular formula is C18H28N2O2. The molecule has 0 aromatic heterocycles. The molecule has 1 fully saturated rings. The topological polar surface area (TPSA) is 50.4 Å². The van der Waals surface area contributed by atoms with Gasteiger partial charge >= 0.3 is 0 Å². The predicted octanol–water partition coefficient (Wildman–Crippen LogP) is 2.87. The fourth-order valence-corrected chi connectivity index (χ4v) is 2.95. The zero-order valence-electron chi connectivity index (χ0n) is 13.9. The maximum absolute atomic E-state index is 12.3. The highest BCUT2D eigenvalue weighted by Crippen LogP contribution is 2.23. The number of amides is 1. The zero-order valence-corrected chi connectivity index (χ0v) is 13.9. The number of nitrogens with one attached hydrogen (secondary N) is 2. The van der Waals surface area contributed by atoms with Crippen molar-refractivity contribution >= 4 is 5.91 Å². The van der Waals surface area contributed by atoms with Crippen molar-refractivity contribution in [2.75, 3.05) is 7.11 Å². The molecule has 122 valence electrons. The summed E-state index contributed by atoms with van der Waals surface area (Å²) in [5, 5.41) is 6.49. The minimum atomic E-state index is -0.184. The summed E-state index contributed by atoms with van der Waals surface area (Å²) in [5.41, 5.74) is 1.14. The van der Waals surface area contributed by atoms with Gasteiger partial charge in [-0.05, 0) is 43.4 Å². The van der Waals surface area contributed by atoms with E-state index in [9.17, 15) is 4.79 Å². The Hall–Kier alpha value is -1.55. The van der Waals surface area contributed by atoms with Crippen molar-refractivity contribution in [3.8, 4) is 5.75 Å². The van der Waals surface area contributed by atoms with Gasteiger partial charge in [-0.1, -0.05) is 31.9 Å². The molecule has 1 amide bonds. The molecule has 0 saturated heterocycles. The molecule has 4 heteroatoms. The Labute approximate surface area is 133 Å². The highest BCUT2D eigenvalue weighted by atomic mass is 16.5. The van der Waals surface area contributed by atoms with Crippen LogP contribution in [0.1, 0.15) is 45.1 Å². The number of ether oxygens (including phenoxy) is 1. The maximum Gasteiger partial charge on any atom is 0.237 e. The van der Waals surface area contributed by atoms with E-state index in [0.29, 0.717) is 18.5 Å². The molecule has 1 aliphatic rings.